The molecule has 3 rings (SSSR count). The molecule has 0 saturated heterocycles. The van der Waals surface area contributed by atoms with E-state index in [0.717, 1.165) is 4.57 Å². The first-order chi connectivity index (χ1) is 10.1. The zero-order chi connectivity index (χ0) is 15.0. The van der Waals surface area contributed by atoms with E-state index >= 15 is 0 Å². The molecule has 3 aromatic heterocycles. The summed E-state index contributed by atoms with van der Waals surface area (Å²) in [5.41, 5.74) is 0.247. The molecule has 9 heteroatoms. The molecule has 0 fully saturated rings. The lowest BCUT2D eigenvalue weighted by Crippen LogP contribution is -2.35. The van der Waals surface area contributed by atoms with Crippen LogP contribution in [-0.2, 0) is 6.54 Å². The van der Waals surface area contributed by atoms with E-state index < -0.39 is 11.2 Å². The summed E-state index contributed by atoms with van der Waals surface area (Å²) < 4.78 is 1.11. The number of rotatable bonds is 3. The number of nitrogens with zero attached hydrogens (tertiary/aromatic N) is 3. The van der Waals surface area contributed by atoms with Gasteiger partial charge >= 0.3 is 5.69 Å². The molecule has 7 nitrogen and oxygen atoms in total. The van der Waals surface area contributed by atoms with Crippen LogP contribution in [0.1, 0.15) is 0 Å². The maximum Gasteiger partial charge on any atom is 0.330 e. The third-order valence-electron chi connectivity index (χ3n) is 2.94. The van der Waals surface area contributed by atoms with E-state index in [-0.39, 0.29) is 17.7 Å². The van der Waals surface area contributed by atoms with Crippen molar-refractivity contribution in [1.29, 1.82) is 0 Å². The van der Waals surface area contributed by atoms with Gasteiger partial charge in [-0.2, -0.15) is 0 Å². The molecule has 0 aliphatic rings. The van der Waals surface area contributed by atoms with Crippen LogP contribution in [0.15, 0.2) is 27.9 Å². The first-order valence-electron chi connectivity index (χ1n) is 6.01. The quantitative estimate of drug-likeness (QED) is 0.540. The minimum atomic E-state index is -0.487. The third kappa shape index (κ3) is 2.52. The molecule has 0 aromatic carbocycles. The number of hydrogen-bond acceptors (Lipinski definition) is 4. The van der Waals surface area contributed by atoms with E-state index in [9.17, 15) is 9.59 Å². The molecule has 108 valence electrons. The van der Waals surface area contributed by atoms with Gasteiger partial charge in [0.1, 0.15) is 16.5 Å². The van der Waals surface area contributed by atoms with E-state index in [1.54, 1.807) is 12.1 Å². The maximum absolute atomic E-state index is 12.3. The summed E-state index contributed by atoms with van der Waals surface area (Å²) in [4.78, 5) is 37.8. The molecule has 0 aliphatic heterocycles. The Hall–Kier alpha value is -1.93. The number of hydrogen-bond donors (Lipinski definition) is 2. The Morgan fingerprint density at radius 1 is 1.29 bits per heavy atom. The molecule has 0 radical (unpaired) electrons. The summed E-state index contributed by atoms with van der Waals surface area (Å²) in [6.45, 7) is 0.279. The highest BCUT2D eigenvalue weighted by molar-refractivity contribution is 9.09. The maximum atomic E-state index is 12.3. The van der Waals surface area contributed by atoms with Crippen LogP contribution < -0.4 is 11.2 Å². The van der Waals surface area contributed by atoms with Crippen LogP contribution in [0.25, 0.3) is 22.6 Å². The van der Waals surface area contributed by atoms with Crippen molar-refractivity contribution in [2.75, 3.05) is 5.33 Å². The van der Waals surface area contributed by atoms with Crippen molar-refractivity contribution in [1.82, 2.24) is 24.5 Å². The lowest BCUT2D eigenvalue weighted by Gasteiger charge is -1.99. The highest BCUT2D eigenvalue weighted by Crippen LogP contribution is 2.17. The van der Waals surface area contributed by atoms with Gasteiger partial charge in [-0.1, -0.05) is 27.5 Å². The molecular weight excluding hydrogens is 362 g/mol. The monoisotopic (exact) mass is 369 g/mol. The molecule has 0 amide bonds. The molecule has 2 N–H and O–H groups in total. The van der Waals surface area contributed by atoms with Gasteiger partial charge in [0.05, 0.1) is 0 Å². The Kier molecular flexibility index (Phi) is 3.64. The summed E-state index contributed by atoms with van der Waals surface area (Å²) in [5, 5.41) is 0.867. The summed E-state index contributed by atoms with van der Waals surface area (Å²) in [6, 6.07) is 3.35. The molecule has 3 aromatic rings. The highest BCUT2D eigenvalue weighted by Gasteiger charge is 2.13. The van der Waals surface area contributed by atoms with Gasteiger partial charge in [-0.15, -0.1) is 0 Å². The van der Waals surface area contributed by atoms with Crippen LogP contribution in [0.4, 0.5) is 0 Å². The molecule has 0 unspecified atom stereocenters. The van der Waals surface area contributed by atoms with Gasteiger partial charge in [-0.25, -0.2) is 14.8 Å². The zero-order valence-electron chi connectivity index (χ0n) is 10.6. The number of imidazole rings is 1. The number of nitrogens with one attached hydrogen (secondary N) is 2. The predicted molar refractivity (Wildman–Crippen MR) is 83.0 cm³/mol. The van der Waals surface area contributed by atoms with Crippen molar-refractivity contribution in [3.05, 3.63) is 44.3 Å². The second-order valence-electron chi connectivity index (χ2n) is 4.25. The fourth-order valence-electron chi connectivity index (χ4n) is 1.95. The lowest BCUT2D eigenvalue weighted by atomic mass is 10.3. The number of pyridine rings is 1. The largest absolute Gasteiger partial charge is 0.332 e. The van der Waals surface area contributed by atoms with Crippen LogP contribution in [0.5, 0.6) is 0 Å². The molecule has 3 heterocycles. The smallest absolute Gasteiger partial charge is 0.330 e. The molecule has 21 heavy (non-hydrogen) atoms. The molecular formula is C12H9BrClN5O2. The third-order valence-corrected chi connectivity index (χ3v) is 3.52. The van der Waals surface area contributed by atoms with Gasteiger partial charge in [0.2, 0.25) is 0 Å². The second-order valence-corrected chi connectivity index (χ2v) is 5.43. The molecule has 0 atom stereocenters. The van der Waals surface area contributed by atoms with Crippen molar-refractivity contribution in [3.63, 3.8) is 0 Å². The summed E-state index contributed by atoms with van der Waals surface area (Å²) >= 11 is 8.94. The Morgan fingerprint density at radius 3 is 2.76 bits per heavy atom. The van der Waals surface area contributed by atoms with E-state index in [1.807, 2.05) is 0 Å². The fourth-order valence-corrected chi connectivity index (χ4v) is 2.42. The number of halogens is 2. The van der Waals surface area contributed by atoms with Crippen molar-refractivity contribution < 1.29 is 0 Å². The van der Waals surface area contributed by atoms with Crippen molar-refractivity contribution in [2.24, 2.45) is 0 Å². The van der Waals surface area contributed by atoms with Crippen LogP contribution in [0.2, 0.25) is 5.15 Å². The average Bonchev–Trinajstić information content (AvgIpc) is 2.88. The SMILES string of the molecule is O=c1[nH]c2nc(-c3ccc(Cl)nc3)[nH]c2c(=O)n1CCBr. The van der Waals surface area contributed by atoms with Crippen LogP contribution in [-0.4, -0.2) is 29.8 Å². The highest BCUT2D eigenvalue weighted by atomic mass is 79.9. The minimum absolute atomic E-state index is 0.223. The summed E-state index contributed by atoms with van der Waals surface area (Å²) in [5.74, 6) is 0.443. The standard InChI is InChI=1S/C12H9BrClN5O2/c13-3-4-19-11(20)8-10(18-12(19)21)17-9(16-8)6-1-2-7(14)15-5-6/h1-2,5H,3-4H2,(H,16,17)(H,18,21). The molecule has 0 spiro atoms. The second kappa shape index (κ2) is 5.45. The number of aromatic nitrogens is 5. The van der Waals surface area contributed by atoms with Crippen LogP contribution >= 0.6 is 27.5 Å². The Bertz CT molecular complexity index is 912. The van der Waals surface area contributed by atoms with Gasteiger partial charge in [0, 0.05) is 23.6 Å². The van der Waals surface area contributed by atoms with Gasteiger partial charge < -0.3 is 4.98 Å². The summed E-state index contributed by atoms with van der Waals surface area (Å²) in [6.07, 6.45) is 1.54. The Morgan fingerprint density at radius 2 is 2.10 bits per heavy atom. The van der Waals surface area contributed by atoms with Crippen LogP contribution in [0.3, 0.4) is 0 Å². The molecule has 0 saturated carbocycles. The first kappa shape index (κ1) is 14.0. The predicted octanol–water partition coefficient (Wildman–Crippen LogP) is 1.52. The van der Waals surface area contributed by atoms with E-state index in [4.69, 9.17) is 11.6 Å². The first-order valence-corrected chi connectivity index (χ1v) is 7.51. The Balaban J connectivity index is 2.21. The van der Waals surface area contributed by atoms with Gasteiger partial charge in [-0.05, 0) is 12.1 Å². The topological polar surface area (TPSA) is 96.4 Å². The Labute approximate surface area is 131 Å². The van der Waals surface area contributed by atoms with Gasteiger partial charge in [0.15, 0.2) is 5.65 Å². The summed E-state index contributed by atoms with van der Waals surface area (Å²) in [7, 11) is 0. The van der Waals surface area contributed by atoms with Crippen molar-refractivity contribution in [2.45, 2.75) is 6.54 Å². The van der Waals surface area contributed by atoms with Gasteiger partial charge in [0.25, 0.3) is 5.56 Å². The number of aromatic amines is 2. The van der Waals surface area contributed by atoms with Crippen molar-refractivity contribution in [3.8, 4) is 11.4 Å². The average molecular weight is 371 g/mol. The van der Waals surface area contributed by atoms with Crippen LogP contribution in [0, 0.1) is 0 Å². The number of fused-ring (bicyclic) bond motifs is 1. The fraction of sp³-hybridized carbons (Fsp3) is 0.167. The van der Waals surface area contributed by atoms with Gasteiger partial charge in [-0.3, -0.25) is 14.3 Å². The number of alkyl halides is 1. The van der Waals surface area contributed by atoms with Crippen molar-refractivity contribution >= 4 is 38.7 Å². The number of H-pyrrole nitrogens is 2. The molecule has 0 aliphatic carbocycles. The molecule has 0 bridgehead atoms. The van der Waals surface area contributed by atoms with E-state index in [0.29, 0.717) is 21.9 Å². The van der Waals surface area contributed by atoms with E-state index in [2.05, 4.69) is 35.9 Å². The normalized spacial score (nSPS) is 11.1. The zero-order valence-corrected chi connectivity index (χ0v) is 12.9. The minimum Gasteiger partial charge on any atom is -0.332 e. The lowest BCUT2D eigenvalue weighted by molar-refractivity contribution is 0.692. The van der Waals surface area contributed by atoms with E-state index in [1.165, 1.54) is 6.20 Å².